The van der Waals surface area contributed by atoms with Gasteiger partial charge in [-0.05, 0) is 0 Å². The minimum atomic E-state index is -2.58. The van der Waals surface area contributed by atoms with Crippen LogP contribution in [0.3, 0.4) is 0 Å². The first kappa shape index (κ1) is 33.0. The molecule has 1 aliphatic rings. The van der Waals surface area contributed by atoms with Crippen molar-refractivity contribution in [3.05, 3.63) is 110 Å². The van der Waals surface area contributed by atoms with Gasteiger partial charge in [0.15, 0.2) is 0 Å². The van der Waals surface area contributed by atoms with E-state index in [9.17, 15) is 0 Å². The average Bonchev–Trinajstić information content (AvgIpc) is 2.93. The van der Waals surface area contributed by atoms with E-state index < -0.39 is 8.07 Å². The van der Waals surface area contributed by atoms with E-state index in [-0.39, 0.29) is 42.3 Å². The van der Waals surface area contributed by atoms with Gasteiger partial charge in [-0.1, -0.05) is 0 Å². The third kappa shape index (κ3) is 4.77. The minimum Gasteiger partial charge on any atom is -1.00 e. The van der Waals surface area contributed by atoms with E-state index in [1.807, 2.05) is 0 Å². The van der Waals surface area contributed by atoms with Crippen molar-refractivity contribution >= 4 is 23.6 Å². The van der Waals surface area contributed by atoms with Crippen LogP contribution in [0.1, 0.15) is 49.9 Å². The van der Waals surface area contributed by atoms with Crippen molar-refractivity contribution in [2.75, 3.05) is 0 Å². The third-order valence-corrected chi connectivity index (χ3v) is 16.0. The van der Waals surface area contributed by atoms with E-state index in [0.29, 0.717) is 0 Å². The number of rotatable bonds is 4. The molecular weight excluding hydrogens is 555 g/mol. The van der Waals surface area contributed by atoms with Crippen molar-refractivity contribution < 1.29 is 57.7 Å². The van der Waals surface area contributed by atoms with E-state index in [1.165, 1.54) is 53.2 Å². The van der Waals surface area contributed by atoms with Gasteiger partial charge in [-0.2, -0.15) is 0 Å². The van der Waals surface area contributed by atoms with Crippen LogP contribution in [0, 0.1) is 27.7 Å². The Hall–Kier alpha value is -1.06. The Kier molecular flexibility index (Phi) is 11.2. The summed E-state index contributed by atoms with van der Waals surface area (Å²) in [5.74, 6) is 0. The molecule has 0 bridgehead atoms. The van der Waals surface area contributed by atoms with E-state index in [1.54, 1.807) is 5.19 Å². The van der Waals surface area contributed by atoms with Gasteiger partial charge >= 0.3 is 214 Å². The Labute approximate surface area is 249 Å². The summed E-state index contributed by atoms with van der Waals surface area (Å²) in [7, 11) is -2.58. The molecule has 0 saturated heterocycles. The van der Waals surface area contributed by atoms with Gasteiger partial charge in [-0.15, -0.1) is 0 Å². The van der Waals surface area contributed by atoms with Gasteiger partial charge in [-0.3, -0.25) is 0 Å². The fraction of sp³-hybridized carbons (Fsp3) is 0.290. The molecule has 0 radical (unpaired) electrons. The summed E-state index contributed by atoms with van der Waals surface area (Å²) in [6.45, 7) is 18.7. The summed E-state index contributed by atoms with van der Waals surface area (Å²) in [6, 6.07) is 25.7. The van der Waals surface area contributed by atoms with Crippen molar-refractivity contribution in [2.45, 2.75) is 60.4 Å². The smallest absolute Gasteiger partial charge is 1.00 e. The summed E-state index contributed by atoms with van der Waals surface area (Å²) in [5, 5.41) is 4.50. The topological polar surface area (TPSA) is 0 Å². The Balaban J connectivity index is 0.00000216. The molecule has 2 atom stereocenters. The number of hydrogen-bond acceptors (Lipinski definition) is 0. The van der Waals surface area contributed by atoms with E-state index in [4.69, 9.17) is 0 Å². The average molecular weight is 590 g/mol. The molecule has 0 spiro atoms. The molecule has 0 saturated carbocycles. The zero-order chi connectivity index (χ0) is 24.1. The monoisotopic (exact) mass is 588 g/mol. The van der Waals surface area contributed by atoms with Crippen LogP contribution in [0.15, 0.2) is 87.3 Å². The fourth-order valence-corrected chi connectivity index (χ4v) is 14.3. The summed E-state index contributed by atoms with van der Waals surface area (Å²) in [4.78, 5) is 0. The number of allylic oxidation sites excluding steroid dienone is 4. The summed E-state index contributed by atoms with van der Waals surface area (Å²) >= 11 is 2.40. The molecule has 0 heterocycles. The van der Waals surface area contributed by atoms with Crippen LogP contribution in [0.4, 0.5) is 0 Å². The largest absolute Gasteiger partial charge is 1.00 e. The molecule has 3 aromatic carbocycles. The molecule has 0 amide bonds. The molecule has 4 rings (SSSR count). The quantitative estimate of drug-likeness (QED) is 0.230. The third-order valence-electron chi connectivity index (χ3n) is 8.37. The molecule has 36 heavy (non-hydrogen) atoms. The predicted octanol–water partition coefficient (Wildman–Crippen LogP) is -2.67. The first-order chi connectivity index (χ1) is 15.6. The van der Waals surface area contributed by atoms with Gasteiger partial charge in [0.2, 0.25) is 0 Å². The first-order valence-electron chi connectivity index (χ1n) is 11.9. The molecule has 188 valence electrons. The molecule has 5 heteroatoms. The maximum atomic E-state index is 2.55. The number of halogens is 3. The van der Waals surface area contributed by atoms with Crippen molar-refractivity contribution in [2.24, 2.45) is 0 Å². The normalized spacial score (nSPS) is 18.7. The van der Waals surface area contributed by atoms with Gasteiger partial charge in [0.1, 0.15) is 0 Å². The molecule has 0 aromatic heterocycles. The van der Waals surface area contributed by atoms with Crippen LogP contribution in [0.2, 0.25) is 5.04 Å². The zero-order valence-electron chi connectivity index (χ0n) is 22.5. The summed E-state index contributed by atoms with van der Waals surface area (Å²) in [5.41, 5.74) is 9.99. The molecule has 0 fully saturated rings. The van der Waals surface area contributed by atoms with Gasteiger partial charge in [0.25, 0.3) is 0 Å². The maximum absolute atomic E-state index is 2.58. The van der Waals surface area contributed by atoms with Crippen LogP contribution in [-0.2, 0) is 20.4 Å². The van der Waals surface area contributed by atoms with Crippen molar-refractivity contribution in [1.82, 2.24) is 0 Å². The van der Waals surface area contributed by atoms with Crippen LogP contribution in [0.5, 0.6) is 0 Å². The second-order valence-corrected chi connectivity index (χ2v) is 15.1. The maximum Gasteiger partial charge on any atom is -1.00 e. The van der Waals surface area contributed by atoms with E-state index in [0.717, 1.165) is 0 Å². The van der Waals surface area contributed by atoms with Crippen LogP contribution < -0.4 is 52.8 Å². The van der Waals surface area contributed by atoms with Crippen LogP contribution in [-0.4, -0.2) is 8.07 Å². The SMILES string of the molecule is CC1=C(C)C(C)([Si](c2ccccc2)(c2cc(C)cc(C)c2)c2cccc(C)c2C)[C]([Ti+3])=C1C.[Cl-].[Cl-].[Cl-]. The number of aryl methyl sites for hydroxylation is 3. The predicted molar refractivity (Wildman–Crippen MR) is 142 cm³/mol. The van der Waals surface area contributed by atoms with Crippen molar-refractivity contribution in [1.29, 1.82) is 0 Å². The minimum absolute atomic E-state index is 0. The second kappa shape index (κ2) is 12.2. The number of benzene rings is 3. The van der Waals surface area contributed by atoms with Gasteiger partial charge in [-0.25, -0.2) is 0 Å². The molecule has 0 nitrogen and oxygen atoms in total. The van der Waals surface area contributed by atoms with E-state index in [2.05, 4.69) is 143 Å². The molecule has 1 aliphatic carbocycles. The number of hydrogen-bond donors (Lipinski definition) is 0. The molecule has 3 aromatic rings. The van der Waals surface area contributed by atoms with Crippen molar-refractivity contribution in [3.8, 4) is 0 Å². The Morgan fingerprint density at radius 1 is 0.639 bits per heavy atom. The summed E-state index contributed by atoms with van der Waals surface area (Å²) < 4.78 is 1.54. The second-order valence-electron chi connectivity index (χ2n) is 10.1. The molecular formula is C31H35Cl3SiTi. The van der Waals surface area contributed by atoms with E-state index >= 15 is 0 Å². The Morgan fingerprint density at radius 2 is 1.19 bits per heavy atom. The fourth-order valence-electron chi connectivity index (χ4n) is 6.24. The molecule has 0 N–H and O–H groups in total. The van der Waals surface area contributed by atoms with Crippen molar-refractivity contribution in [3.63, 3.8) is 0 Å². The molecule has 0 aliphatic heterocycles. The zero-order valence-corrected chi connectivity index (χ0v) is 27.3. The summed E-state index contributed by atoms with van der Waals surface area (Å²) in [6.07, 6.45) is 0. The van der Waals surface area contributed by atoms with Gasteiger partial charge in [0.05, 0.1) is 0 Å². The Bertz CT molecular complexity index is 1270. The van der Waals surface area contributed by atoms with Gasteiger partial charge < -0.3 is 37.2 Å². The molecule has 2 unspecified atom stereocenters. The standard InChI is InChI=1S/C31H35Si.3ClH.Ti/c1-21-17-22(2)19-29(18-21)32(28-14-10-9-11-15-28,30-16-12-13-23(3)26(30)6)31(8)20-24(4)25(5)27(31)7;;;;/h9-19H,1-8H3;3*1H;/q;;;;+3/p-3. The van der Waals surface area contributed by atoms with Crippen LogP contribution in [0.25, 0.3) is 0 Å². The van der Waals surface area contributed by atoms with Crippen LogP contribution >= 0.6 is 0 Å². The Morgan fingerprint density at radius 3 is 1.69 bits per heavy atom. The van der Waals surface area contributed by atoms with Gasteiger partial charge in [0, 0.05) is 0 Å². The first-order valence-corrected chi connectivity index (χ1v) is 14.7.